The maximum absolute atomic E-state index is 12.1. The van der Waals surface area contributed by atoms with E-state index in [1.807, 2.05) is 55.5 Å². The summed E-state index contributed by atoms with van der Waals surface area (Å²) in [5, 5.41) is 7.80. The van der Waals surface area contributed by atoms with Crippen molar-refractivity contribution in [1.82, 2.24) is 10.6 Å². The molecule has 3 rings (SSSR count). The first-order valence-corrected chi connectivity index (χ1v) is 8.22. The van der Waals surface area contributed by atoms with Crippen molar-refractivity contribution in [2.24, 2.45) is 0 Å². The first-order chi connectivity index (χ1) is 12.1. The van der Waals surface area contributed by atoms with E-state index in [2.05, 4.69) is 22.8 Å². The Morgan fingerprint density at radius 3 is 2.36 bits per heavy atom. The Labute approximate surface area is 146 Å². The quantitative estimate of drug-likeness (QED) is 0.754. The molecule has 0 aliphatic rings. The molecule has 0 saturated heterocycles. The monoisotopic (exact) mass is 332 g/mol. The van der Waals surface area contributed by atoms with Crippen LogP contribution in [0.2, 0.25) is 0 Å². The fraction of sp³-hybridized carbons (Fsp3) is 0.143. The molecule has 4 nitrogen and oxygen atoms in total. The van der Waals surface area contributed by atoms with Crippen LogP contribution in [-0.4, -0.2) is 18.4 Å². The number of benzene rings is 3. The second-order valence-corrected chi connectivity index (χ2v) is 5.96. The summed E-state index contributed by atoms with van der Waals surface area (Å²) >= 11 is 0. The van der Waals surface area contributed by atoms with Crippen molar-refractivity contribution in [3.63, 3.8) is 0 Å². The van der Waals surface area contributed by atoms with E-state index in [-0.39, 0.29) is 18.4 Å². The molecular formula is C21H20N2O2. The van der Waals surface area contributed by atoms with Crippen LogP contribution >= 0.6 is 0 Å². The highest BCUT2D eigenvalue weighted by atomic mass is 16.2. The van der Waals surface area contributed by atoms with Gasteiger partial charge in [0.15, 0.2) is 0 Å². The molecule has 0 aliphatic carbocycles. The Hall–Kier alpha value is -3.14. The Morgan fingerprint density at radius 2 is 1.56 bits per heavy atom. The minimum absolute atomic E-state index is 0.0409. The number of rotatable bonds is 5. The van der Waals surface area contributed by atoms with Crippen LogP contribution in [0.4, 0.5) is 0 Å². The summed E-state index contributed by atoms with van der Waals surface area (Å²) in [6.45, 7) is 2.26. The summed E-state index contributed by atoms with van der Waals surface area (Å²) in [6, 6.07) is 21.5. The number of hydrogen-bond donors (Lipinski definition) is 2. The largest absolute Gasteiger partial charge is 0.350 e. The van der Waals surface area contributed by atoms with Gasteiger partial charge < -0.3 is 10.6 Å². The second-order valence-electron chi connectivity index (χ2n) is 5.96. The highest BCUT2D eigenvalue weighted by Gasteiger charge is 2.09. The molecule has 0 atom stereocenters. The molecule has 0 radical (unpaired) electrons. The van der Waals surface area contributed by atoms with Crippen LogP contribution in [0.3, 0.4) is 0 Å². The molecule has 0 fully saturated rings. The fourth-order valence-corrected chi connectivity index (χ4v) is 2.70. The van der Waals surface area contributed by atoms with Crippen LogP contribution in [0.5, 0.6) is 0 Å². The van der Waals surface area contributed by atoms with E-state index in [0.29, 0.717) is 12.1 Å². The lowest BCUT2D eigenvalue weighted by atomic mass is 10.1. The molecule has 0 unspecified atom stereocenters. The third kappa shape index (κ3) is 4.23. The smallest absolute Gasteiger partial charge is 0.251 e. The van der Waals surface area contributed by atoms with Gasteiger partial charge in [0, 0.05) is 12.1 Å². The van der Waals surface area contributed by atoms with Crippen LogP contribution in [0, 0.1) is 6.92 Å². The van der Waals surface area contributed by atoms with E-state index in [4.69, 9.17) is 0 Å². The van der Waals surface area contributed by atoms with Crippen LogP contribution in [-0.2, 0) is 11.3 Å². The molecule has 25 heavy (non-hydrogen) atoms. The molecule has 0 aromatic heterocycles. The molecule has 3 aromatic carbocycles. The van der Waals surface area contributed by atoms with E-state index >= 15 is 0 Å². The highest BCUT2D eigenvalue weighted by molar-refractivity contribution is 5.97. The van der Waals surface area contributed by atoms with Crippen LogP contribution in [0.15, 0.2) is 66.7 Å². The summed E-state index contributed by atoms with van der Waals surface area (Å²) in [6.07, 6.45) is 0. The van der Waals surface area contributed by atoms with Gasteiger partial charge in [-0.1, -0.05) is 54.6 Å². The summed E-state index contributed by atoms with van der Waals surface area (Å²) in [4.78, 5) is 24.1. The zero-order valence-corrected chi connectivity index (χ0v) is 14.1. The third-order valence-electron chi connectivity index (χ3n) is 4.10. The first-order valence-electron chi connectivity index (χ1n) is 8.22. The van der Waals surface area contributed by atoms with E-state index in [1.54, 1.807) is 6.07 Å². The van der Waals surface area contributed by atoms with E-state index < -0.39 is 0 Å². The Morgan fingerprint density at radius 1 is 0.840 bits per heavy atom. The maximum Gasteiger partial charge on any atom is 0.251 e. The van der Waals surface area contributed by atoms with Gasteiger partial charge in [-0.05, 0) is 41.0 Å². The molecule has 4 heteroatoms. The van der Waals surface area contributed by atoms with Crippen LogP contribution < -0.4 is 10.6 Å². The van der Waals surface area contributed by atoms with Crippen molar-refractivity contribution >= 4 is 22.6 Å². The van der Waals surface area contributed by atoms with Gasteiger partial charge >= 0.3 is 0 Å². The van der Waals surface area contributed by atoms with Gasteiger partial charge in [-0.15, -0.1) is 0 Å². The average Bonchev–Trinajstić information content (AvgIpc) is 2.64. The van der Waals surface area contributed by atoms with Crippen LogP contribution in [0.1, 0.15) is 21.5 Å². The highest BCUT2D eigenvalue weighted by Crippen LogP contribution is 2.15. The molecular weight excluding hydrogens is 312 g/mol. The number of carbonyl (C=O) groups excluding carboxylic acids is 2. The standard InChI is InChI=1S/C21H20N2O2/c1-15-6-2-5-9-19(15)21(25)23-14-20(24)22-13-16-10-11-17-7-3-4-8-18(17)12-16/h2-12H,13-14H2,1H3,(H,22,24)(H,23,25). The second kappa shape index (κ2) is 7.62. The Balaban J connectivity index is 1.52. The topological polar surface area (TPSA) is 58.2 Å². The summed E-state index contributed by atoms with van der Waals surface area (Å²) in [5.41, 5.74) is 2.50. The van der Waals surface area contributed by atoms with Gasteiger partial charge in [0.2, 0.25) is 5.91 Å². The molecule has 0 aliphatic heterocycles. The number of hydrogen-bond acceptors (Lipinski definition) is 2. The fourth-order valence-electron chi connectivity index (χ4n) is 2.70. The minimum Gasteiger partial charge on any atom is -0.350 e. The molecule has 2 N–H and O–H groups in total. The number of fused-ring (bicyclic) bond motifs is 1. The Bertz CT molecular complexity index is 918. The predicted molar refractivity (Wildman–Crippen MR) is 99.3 cm³/mol. The van der Waals surface area contributed by atoms with Crippen molar-refractivity contribution in [3.05, 3.63) is 83.4 Å². The normalized spacial score (nSPS) is 10.4. The third-order valence-corrected chi connectivity index (χ3v) is 4.10. The molecule has 0 spiro atoms. The zero-order valence-electron chi connectivity index (χ0n) is 14.1. The molecule has 0 bridgehead atoms. The summed E-state index contributed by atoms with van der Waals surface area (Å²) in [5.74, 6) is -0.450. The zero-order chi connectivity index (χ0) is 17.6. The van der Waals surface area contributed by atoms with Crippen molar-refractivity contribution in [3.8, 4) is 0 Å². The molecule has 3 aromatic rings. The predicted octanol–water partition coefficient (Wildman–Crippen LogP) is 3.19. The lowest BCUT2D eigenvalue weighted by Crippen LogP contribution is -2.36. The van der Waals surface area contributed by atoms with Gasteiger partial charge in [-0.25, -0.2) is 0 Å². The number of nitrogens with one attached hydrogen (secondary N) is 2. The van der Waals surface area contributed by atoms with Gasteiger partial charge in [-0.3, -0.25) is 9.59 Å². The average molecular weight is 332 g/mol. The summed E-state index contributed by atoms with van der Waals surface area (Å²) in [7, 11) is 0. The van der Waals surface area contributed by atoms with Gasteiger partial charge in [-0.2, -0.15) is 0 Å². The molecule has 126 valence electrons. The van der Waals surface area contributed by atoms with E-state index in [1.165, 1.54) is 5.39 Å². The van der Waals surface area contributed by atoms with Crippen molar-refractivity contribution in [2.45, 2.75) is 13.5 Å². The number of carbonyl (C=O) groups is 2. The van der Waals surface area contributed by atoms with Gasteiger partial charge in [0.25, 0.3) is 5.91 Å². The first kappa shape index (κ1) is 16.7. The van der Waals surface area contributed by atoms with E-state index in [9.17, 15) is 9.59 Å². The van der Waals surface area contributed by atoms with Crippen molar-refractivity contribution < 1.29 is 9.59 Å². The lowest BCUT2D eigenvalue weighted by molar-refractivity contribution is -0.120. The van der Waals surface area contributed by atoms with Crippen LogP contribution in [0.25, 0.3) is 10.8 Å². The molecule has 2 amide bonds. The molecule has 0 saturated carbocycles. The van der Waals surface area contributed by atoms with Gasteiger partial charge in [0.1, 0.15) is 0 Å². The van der Waals surface area contributed by atoms with Crippen molar-refractivity contribution in [1.29, 1.82) is 0 Å². The lowest BCUT2D eigenvalue weighted by Gasteiger charge is -2.09. The van der Waals surface area contributed by atoms with Crippen molar-refractivity contribution in [2.75, 3.05) is 6.54 Å². The minimum atomic E-state index is -0.237. The van der Waals surface area contributed by atoms with Gasteiger partial charge in [0.05, 0.1) is 6.54 Å². The Kier molecular flexibility index (Phi) is 5.09. The summed E-state index contributed by atoms with van der Waals surface area (Å²) < 4.78 is 0. The molecule has 0 heterocycles. The van der Waals surface area contributed by atoms with E-state index in [0.717, 1.165) is 16.5 Å². The number of aryl methyl sites for hydroxylation is 1. The SMILES string of the molecule is Cc1ccccc1C(=O)NCC(=O)NCc1ccc2ccccc2c1. The maximum atomic E-state index is 12.1. The number of amides is 2.